The van der Waals surface area contributed by atoms with Crippen molar-refractivity contribution in [1.82, 2.24) is 0 Å². The number of ether oxygens (including phenoxy) is 1. The Morgan fingerprint density at radius 3 is 2.74 bits per heavy atom. The summed E-state index contributed by atoms with van der Waals surface area (Å²) in [6, 6.07) is 6.47. The van der Waals surface area contributed by atoms with Crippen molar-refractivity contribution in [3.05, 3.63) is 41.0 Å². The highest BCUT2D eigenvalue weighted by Gasteiger charge is 2.18. The predicted octanol–water partition coefficient (Wildman–Crippen LogP) is 4.23. The van der Waals surface area contributed by atoms with E-state index in [1.807, 2.05) is 13.0 Å². The predicted molar refractivity (Wildman–Crippen MR) is 78.1 cm³/mol. The van der Waals surface area contributed by atoms with Crippen LogP contribution in [0.5, 0.6) is 0 Å². The first-order valence-electron chi connectivity index (χ1n) is 7.16. The molecule has 2 rings (SSSR count). The molecule has 1 aromatic carbocycles. The zero-order chi connectivity index (χ0) is 13.7. The SMILES string of the molecule is CCOC(=O)C=Cc1ccc(C2CCCC2)c(C)c1. The summed E-state index contributed by atoms with van der Waals surface area (Å²) in [7, 11) is 0. The monoisotopic (exact) mass is 258 g/mol. The molecule has 0 unspecified atom stereocenters. The zero-order valence-electron chi connectivity index (χ0n) is 11.8. The van der Waals surface area contributed by atoms with Crippen molar-refractivity contribution < 1.29 is 9.53 Å². The van der Waals surface area contributed by atoms with Gasteiger partial charge in [-0.3, -0.25) is 0 Å². The molecule has 0 aliphatic heterocycles. The summed E-state index contributed by atoms with van der Waals surface area (Å²) >= 11 is 0. The van der Waals surface area contributed by atoms with Crippen LogP contribution in [-0.2, 0) is 9.53 Å². The molecule has 0 spiro atoms. The number of esters is 1. The number of hydrogen-bond donors (Lipinski definition) is 0. The van der Waals surface area contributed by atoms with Crippen LogP contribution in [0.15, 0.2) is 24.3 Å². The van der Waals surface area contributed by atoms with Gasteiger partial charge in [-0.2, -0.15) is 0 Å². The van der Waals surface area contributed by atoms with Crippen LogP contribution in [0.1, 0.15) is 55.2 Å². The second kappa shape index (κ2) is 6.55. The quantitative estimate of drug-likeness (QED) is 0.596. The Balaban J connectivity index is 2.08. The summed E-state index contributed by atoms with van der Waals surface area (Å²) in [5.74, 6) is 0.461. The molecular weight excluding hydrogens is 236 g/mol. The number of carbonyl (C=O) groups is 1. The van der Waals surface area contributed by atoms with Gasteiger partial charge in [0.25, 0.3) is 0 Å². The third kappa shape index (κ3) is 3.69. The molecule has 0 heterocycles. The molecule has 2 heteroatoms. The fraction of sp³-hybridized carbons (Fsp3) is 0.471. The summed E-state index contributed by atoms with van der Waals surface area (Å²) < 4.78 is 4.87. The lowest BCUT2D eigenvalue weighted by Crippen LogP contribution is -1.99. The van der Waals surface area contributed by atoms with Gasteiger partial charge < -0.3 is 4.74 Å². The van der Waals surface area contributed by atoms with Crippen LogP contribution in [0.25, 0.3) is 6.08 Å². The molecule has 1 fully saturated rings. The molecule has 0 bridgehead atoms. The molecule has 1 aliphatic rings. The molecule has 102 valence electrons. The minimum atomic E-state index is -0.278. The number of rotatable bonds is 4. The van der Waals surface area contributed by atoms with Crippen molar-refractivity contribution in [3.8, 4) is 0 Å². The molecule has 1 aromatic rings. The van der Waals surface area contributed by atoms with Crippen LogP contribution in [-0.4, -0.2) is 12.6 Å². The Morgan fingerprint density at radius 1 is 1.37 bits per heavy atom. The van der Waals surface area contributed by atoms with E-state index < -0.39 is 0 Å². The van der Waals surface area contributed by atoms with Gasteiger partial charge >= 0.3 is 5.97 Å². The normalized spacial score (nSPS) is 16.1. The lowest BCUT2D eigenvalue weighted by atomic mass is 9.92. The molecule has 0 radical (unpaired) electrons. The number of benzene rings is 1. The second-order valence-electron chi connectivity index (χ2n) is 5.18. The van der Waals surface area contributed by atoms with Crippen molar-refractivity contribution in [2.45, 2.75) is 45.4 Å². The first-order valence-corrected chi connectivity index (χ1v) is 7.16. The highest BCUT2D eigenvalue weighted by Crippen LogP contribution is 2.35. The maximum absolute atomic E-state index is 11.3. The summed E-state index contributed by atoms with van der Waals surface area (Å²) in [5, 5.41) is 0. The minimum absolute atomic E-state index is 0.278. The van der Waals surface area contributed by atoms with Gasteiger partial charge in [0.05, 0.1) is 6.61 Å². The Bertz CT molecular complexity index is 468. The van der Waals surface area contributed by atoms with E-state index in [-0.39, 0.29) is 5.97 Å². The molecule has 0 saturated heterocycles. The van der Waals surface area contributed by atoms with Crippen molar-refractivity contribution in [2.75, 3.05) is 6.61 Å². The number of hydrogen-bond acceptors (Lipinski definition) is 2. The third-order valence-corrected chi connectivity index (χ3v) is 3.79. The van der Waals surface area contributed by atoms with Crippen LogP contribution in [0, 0.1) is 6.92 Å². The lowest BCUT2D eigenvalue weighted by Gasteiger charge is -2.13. The highest BCUT2D eigenvalue weighted by atomic mass is 16.5. The fourth-order valence-corrected chi connectivity index (χ4v) is 2.85. The molecule has 0 amide bonds. The molecule has 0 atom stereocenters. The standard InChI is InChI=1S/C17H22O2/c1-3-19-17(18)11-9-14-8-10-16(13(2)12-14)15-6-4-5-7-15/h8-12,15H,3-7H2,1-2H3. The van der Waals surface area contributed by atoms with Crippen LogP contribution in [0.3, 0.4) is 0 Å². The van der Waals surface area contributed by atoms with Gasteiger partial charge in [-0.1, -0.05) is 31.0 Å². The maximum atomic E-state index is 11.3. The van der Waals surface area contributed by atoms with Gasteiger partial charge in [-0.15, -0.1) is 0 Å². The van der Waals surface area contributed by atoms with Gasteiger partial charge in [0.15, 0.2) is 0 Å². The first-order chi connectivity index (χ1) is 9.20. The van der Waals surface area contributed by atoms with Crippen molar-refractivity contribution in [2.24, 2.45) is 0 Å². The van der Waals surface area contributed by atoms with E-state index in [1.165, 1.54) is 42.9 Å². The van der Waals surface area contributed by atoms with E-state index in [0.29, 0.717) is 6.61 Å². The van der Waals surface area contributed by atoms with Gasteiger partial charge in [0.2, 0.25) is 0 Å². The summed E-state index contributed by atoms with van der Waals surface area (Å²) in [4.78, 5) is 11.3. The van der Waals surface area contributed by atoms with E-state index in [9.17, 15) is 4.79 Å². The fourth-order valence-electron chi connectivity index (χ4n) is 2.85. The molecule has 2 nitrogen and oxygen atoms in total. The van der Waals surface area contributed by atoms with Crippen LogP contribution in [0.4, 0.5) is 0 Å². The van der Waals surface area contributed by atoms with Crippen molar-refractivity contribution >= 4 is 12.0 Å². The molecule has 1 saturated carbocycles. The largest absolute Gasteiger partial charge is 0.463 e. The Hall–Kier alpha value is -1.57. The Morgan fingerprint density at radius 2 is 2.11 bits per heavy atom. The molecule has 19 heavy (non-hydrogen) atoms. The zero-order valence-corrected chi connectivity index (χ0v) is 11.8. The summed E-state index contributed by atoms with van der Waals surface area (Å²) in [6.07, 6.45) is 8.66. The lowest BCUT2D eigenvalue weighted by molar-refractivity contribution is -0.137. The average Bonchev–Trinajstić information content (AvgIpc) is 2.90. The van der Waals surface area contributed by atoms with E-state index >= 15 is 0 Å². The van der Waals surface area contributed by atoms with Gasteiger partial charge in [-0.05, 0) is 55.4 Å². The first kappa shape index (κ1) is 13.9. The van der Waals surface area contributed by atoms with Gasteiger partial charge in [0, 0.05) is 6.08 Å². The smallest absolute Gasteiger partial charge is 0.330 e. The Kier molecular flexibility index (Phi) is 4.78. The third-order valence-electron chi connectivity index (χ3n) is 3.79. The van der Waals surface area contributed by atoms with Crippen LogP contribution in [0.2, 0.25) is 0 Å². The molecule has 0 aromatic heterocycles. The van der Waals surface area contributed by atoms with Crippen LogP contribution < -0.4 is 0 Å². The minimum Gasteiger partial charge on any atom is -0.463 e. The van der Waals surface area contributed by atoms with Gasteiger partial charge in [-0.25, -0.2) is 4.79 Å². The van der Waals surface area contributed by atoms with Crippen molar-refractivity contribution in [3.63, 3.8) is 0 Å². The molecule has 1 aliphatic carbocycles. The van der Waals surface area contributed by atoms with E-state index in [4.69, 9.17) is 4.74 Å². The summed E-state index contributed by atoms with van der Waals surface area (Å²) in [5.41, 5.74) is 3.87. The average molecular weight is 258 g/mol. The van der Waals surface area contributed by atoms with Gasteiger partial charge in [0.1, 0.15) is 0 Å². The second-order valence-corrected chi connectivity index (χ2v) is 5.18. The highest BCUT2D eigenvalue weighted by molar-refractivity contribution is 5.87. The number of aryl methyl sites for hydroxylation is 1. The topological polar surface area (TPSA) is 26.3 Å². The van der Waals surface area contributed by atoms with E-state index in [1.54, 1.807) is 0 Å². The van der Waals surface area contributed by atoms with Crippen LogP contribution >= 0.6 is 0 Å². The Labute approximate surface area is 115 Å². The van der Waals surface area contributed by atoms with E-state index in [2.05, 4.69) is 25.1 Å². The molecule has 0 N–H and O–H groups in total. The van der Waals surface area contributed by atoms with Crippen molar-refractivity contribution in [1.29, 1.82) is 0 Å². The molecular formula is C17H22O2. The van der Waals surface area contributed by atoms with E-state index in [0.717, 1.165) is 11.5 Å². The number of carbonyl (C=O) groups excluding carboxylic acids is 1. The maximum Gasteiger partial charge on any atom is 0.330 e. The summed E-state index contributed by atoms with van der Waals surface area (Å²) in [6.45, 7) is 4.39.